The van der Waals surface area contributed by atoms with Gasteiger partial charge in [0.05, 0.1) is 0 Å². The quantitative estimate of drug-likeness (QED) is 0.151. The van der Waals surface area contributed by atoms with Crippen molar-refractivity contribution in [2.24, 2.45) is 0 Å². The zero-order valence-electron chi connectivity index (χ0n) is 33.7. The van der Waals surface area contributed by atoms with Gasteiger partial charge in [0.25, 0.3) is 0 Å². The van der Waals surface area contributed by atoms with Gasteiger partial charge in [-0.1, -0.05) is 164 Å². The zero-order chi connectivity index (χ0) is 41.0. The Bertz CT molecular complexity index is 3630. The number of hydrogen-bond donors (Lipinski definition) is 0. The molecule has 0 amide bonds. The second-order valence-electron chi connectivity index (χ2n) is 15.9. The lowest BCUT2D eigenvalue weighted by Crippen LogP contribution is -2.10. The number of fused-ring (bicyclic) bond motifs is 7. The minimum absolute atomic E-state index is 0.632. The fourth-order valence-electron chi connectivity index (χ4n) is 9.23. The van der Waals surface area contributed by atoms with Crippen molar-refractivity contribution >= 4 is 71.3 Å². The van der Waals surface area contributed by atoms with Crippen LogP contribution in [0.15, 0.2) is 235 Å². The summed E-state index contributed by atoms with van der Waals surface area (Å²) in [6.45, 7) is 0. The molecule has 0 atom stereocenters. The van der Waals surface area contributed by atoms with Gasteiger partial charge in [-0.2, -0.15) is 0 Å². The predicted octanol–water partition coefficient (Wildman–Crippen LogP) is 16.6. The van der Waals surface area contributed by atoms with Gasteiger partial charge >= 0.3 is 0 Å². The third kappa shape index (κ3) is 6.18. The summed E-state index contributed by atoms with van der Waals surface area (Å²) in [6.07, 6.45) is 0. The van der Waals surface area contributed by atoms with Crippen molar-refractivity contribution in [2.45, 2.75) is 0 Å². The van der Waals surface area contributed by atoms with Gasteiger partial charge in [0, 0.05) is 28.0 Å². The topological polar surface area (TPSA) is 29.3 Å². The number of benzene rings is 11. The van der Waals surface area contributed by atoms with Crippen LogP contribution < -0.4 is 4.90 Å². The summed E-state index contributed by atoms with van der Waals surface area (Å²) in [5.41, 5.74) is 12.9. The van der Waals surface area contributed by atoms with Crippen LogP contribution in [0.3, 0.4) is 0 Å². The van der Waals surface area contributed by atoms with Gasteiger partial charge in [-0.3, -0.25) is 0 Å². The van der Waals surface area contributed by atoms with Gasteiger partial charge in [-0.15, -0.1) is 0 Å². The van der Waals surface area contributed by atoms with E-state index in [4.69, 9.17) is 9.40 Å². The first kappa shape index (κ1) is 35.7. The molecule has 0 radical (unpaired) electrons. The van der Waals surface area contributed by atoms with E-state index < -0.39 is 0 Å². The second kappa shape index (κ2) is 14.8. The summed E-state index contributed by atoms with van der Waals surface area (Å²) < 4.78 is 6.44. The molecule has 0 aliphatic carbocycles. The minimum Gasteiger partial charge on any atom is -0.435 e. The summed E-state index contributed by atoms with van der Waals surface area (Å²) in [5, 5.41) is 9.56. The molecule has 0 saturated heterocycles. The number of rotatable bonds is 7. The van der Waals surface area contributed by atoms with Crippen molar-refractivity contribution in [1.29, 1.82) is 0 Å². The van der Waals surface area contributed by atoms with Crippen molar-refractivity contribution in [2.75, 3.05) is 4.90 Å². The molecule has 0 fully saturated rings. The standard InChI is InChI=1S/C59H38N2O/c1-3-13-39(14-4-1)43-18-11-19-48(36-43)61(47-30-28-41(29-31-47)56-38-44-17-7-8-20-50(44)52-21-9-10-22-53(52)56)49-32-27-40-25-26-45(35-46(40)37-49)51-23-12-24-55-54(51)33-34-57-58(55)62-59(60-57)42-15-5-2-6-16-42/h1-38H. The normalized spacial score (nSPS) is 11.5. The van der Waals surface area contributed by atoms with E-state index in [0.29, 0.717) is 5.89 Å². The molecule has 0 aliphatic heterocycles. The molecule has 0 aliphatic rings. The predicted molar refractivity (Wildman–Crippen MR) is 260 cm³/mol. The first-order valence-electron chi connectivity index (χ1n) is 21.1. The smallest absolute Gasteiger partial charge is 0.227 e. The average molecular weight is 791 g/mol. The van der Waals surface area contributed by atoms with E-state index in [1.54, 1.807) is 0 Å². The molecule has 0 spiro atoms. The van der Waals surface area contributed by atoms with Gasteiger partial charge in [0.2, 0.25) is 5.89 Å². The van der Waals surface area contributed by atoms with Crippen molar-refractivity contribution in [3.8, 4) is 44.8 Å². The molecule has 0 unspecified atom stereocenters. The number of aromatic nitrogens is 1. The van der Waals surface area contributed by atoms with Crippen LogP contribution in [0, 0.1) is 0 Å². The Balaban J connectivity index is 0.976. The van der Waals surface area contributed by atoms with Crippen LogP contribution in [0.2, 0.25) is 0 Å². The molecule has 62 heavy (non-hydrogen) atoms. The van der Waals surface area contributed by atoms with E-state index in [1.807, 2.05) is 30.3 Å². The molecule has 0 bridgehead atoms. The van der Waals surface area contributed by atoms with Crippen LogP contribution in [0.4, 0.5) is 17.1 Å². The first-order valence-corrected chi connectivity index (χ1v) is 21.1. The fraction of sp³-hybridized carbons (Fsp3) is 0. The molecular weight excluding hydrogens is 753 g/mol. The molecule has 3 nitrogen and oxygen atoms in total. The lowest BCUT2D eigenvalue weighted by molar-refractivity contribution is 0.623. The molecular formula is C59H38N2O. The Morgan fingerprint density at radius 3 is 1.77 bits per heavy atom. The Morgan fingerprint density at radius 1 is 0.306 bits per heavy atom. The molecule has 11 aromatic carbocycles. The van der Waals surface area contributed by atoms with E-state index >= 15 is 0 Å². The number of hydrogen-bond acceptors (Lipinski definition) is 3. The van der Waals surface area contributed by atoms with Crippen molar-refractivity contribution in [3.63, 3.8) is 0 Å². The van der Waals surface area contributed by atoms with E-state index in [2.05, 4.69) is 205 Å². The van der Waals surface area contributed by atoms with Crippen LogP contribution in [-0.4, -0.2) is 4.98 Å². The van der Waals surface area contributed by atoms with Crippen molar-refractivity contribution in [1.82, 2.24) is 4.98 Å². The zero-order valence-corrected chi connectivity index (χ0v) is 33.7. The van der Waals surface area contributed by atoms with Crippen LogP contribution in [-0.2, 0) is 0 Å². The average Bonchev–Trinajstić information content (AvgIpc) is 3.80. The van der Waals surface area contributed by atoms with Gasteiger partial charge in [0.15, 0.2) is 5.58 Å². The molecule has 0 saturated carbocycles. The van der Waals surface area contributed by atoms with Crippen LogP contribution in [0.1, 0.15) is 0 Å². The fourth-order valence-corrected chi connectivity index (χ4v) is 9.23. The van der Waals surface area contributed by atoms with E-state index in [1.165, 1.54) is 49.2 Å². The molecule has 0 N–H and O–H groups in total. The molecule has 1 heterocycles. The van der Waals surface area contributed by atoms with Crippen LogP contribution in [0.25, 0.3) is 99.0 Å². The summed E-state index contributed by atoms with van der Waals surface area (Å²) in [7, 11) is 0. The van der Waals surface area contributed by atoms with Crippen LogP contribution >= 0.6 is 0 Å². The van der Waals surface area contributed by atoms with Crippen molar-refractivity contribution in [3.05, 3.63) is 231 Å². The highest BCUT2D eigenvalue weighted by Gasteiger charge is 2.18. The molecule has 1 aromatic heterocycles. The third-order valence-electron chi connectivity index (χ3n) is 12.2. The second-order valence-corrected chi connectivity index (χ2v) is 15.9. The van der Waals surface area contributed by atoms with Gasteiger partial charge in [-0.25, -0.2) is 4.98 Å². The Kier molecular flexibility index (Phi) is 8.50. The molecule has 3 heteroatoms. The monoisotopic (exact) mass is 790 g/mol. The summed E-state index contributed by atoms with van der Waals surface area (Å²) in [4.78, 5) is 7.23. The lowest BCUT2D eigenvalue weighted by atomic mass is 9.93. The van der Waals surface area contributed by atoms with E-state index in [-0.39, 0.29) is 0 Å². The van der Waals surface area contributed by atoms with Gasteiger partial charge < -0.3 is 9.32 Å². The van der Waals surface area contributed by atoms with E-state index in [0.717, 1.165) is 61.0 Å². The highest BCUT2D eigenvalue weighted by atomic mass is 16.3. The molecule has 12 rings (SSSR count). The molecule has 290 valence electrons. The summed E-state index contributed by atoms with van der Waals surface area (Å²) in [6, 6.07) is 82.7. The van der Waals surface area contributed by atoms with Gasteiger partial charge in [-0.05, 0) is 138 Å². The number of anilines is 3. The van der Waals surface area contributed by atoms with E-state index in [9.17, 15) is 0 Å². The van der Waals surface area contributed by atoms with Gasteiger partial charge in [0.1, 0.15) is 5.52 Å². The maximum atomic E-state index is 6.44. The highest BCUT2D eigenvalue weighted by molar-refractivity contribution is 6.14. The first-order chi connectivity index (χ1) is 30.7. The Labute approximate surface area is 359 Å². The highest BCUT2D eigenvalue weighted by Crippen LogP contribution is 2.42. The Hall–Kier alpha value is -8.27. The van der Waals surface area contributed by atoms with Crippen molar-refractivity contribution < 1.29 is 4.42 Å². The summed E-state index contributed by atoms with van der Waals surface area (Å²) >= 11 is 0. The minimum atomic E-state index is 0.632. The largest absolute Gasteiger partial charge is 0.435 e. The lowest BCUT2D eigenvalue weighted by Gasteiger charge is -2.27. The number of nitrogens with zero attached hydrogens (tertiary/aromatic N) is 2. The molecule has 12 aromatic rings. The Morgan fingerprint density at radius 2 is 0.935 bits per heavy atom. The summed E-state index contributed by atoms with van der Waals surface area (Å²) in [5.74, 6) is 0.632. The number of oxazole rings is 1. The van der Waals surface area contributed by atoms with Crippen LogP contribution in [0.5, 0.6) is 0 Å². The maximum Gasteiger partial charge on any atom is 0.227 e. The maximum absolute atomic E-state index is 6.44. The third-order valence-corrected chi connectivity index (χ3v) is 12.2. The SMILES string of the molecule is c1ccc(-c2cccc(N(c3ccc(-c4cc5ccccc5c5ccccc45)cc3)c3ccc4ccc(-c5cccc6c5ccc5nc(-c7ccccc7)oc56)cc4c3)c2)cc1.